The number of benzene rings is 1. The number of rotatable bonds is 5. The van der Waals surface area contributed by atoms with Gasteiger partial charge in [0.1, 0.15) is 0 Å². The van der Waals surface area contributed by atoms with Crippen molar-refractivity contribution in [1.82, 2.24) is 10.6 Å². The van der Waals surface area contributed by atoms with Crippen molar-refractivity contribution in [2.24, 2.45) is 4.99 Å². The van der Waals surface area contributed by atoms with Gasteiger partial charge in [0, 0.05) is 49.7 Å². The van der Waals surface area contributed by atoms with Gasteiger partial charge in [0.15, 0.2) is 15.8 Å². The van der Waals surface area contributed by atoms with Gasteiger partial charge in [-0.1, -0.05) is 17.7 Å². The molecule has 1 aromatic rings. The molecule has 0 bridgehead atoms. The summed E-state index contributed by atoms with van der Waals surface area (Å²) < 4.78 is 22.8. The summed E-state index contributed by atoms with van der Waals surface area (Å²) in [4.78, 5) is 6.48. The van der Waals surface area contributed by atoms with E-state index < -0.39 is 14.6 Å². The van der Waals surface area contributed by atoms with Crippen molar-refractivity contribution in [2.75, 3.05) is 37.8 Å². The van der Waals surface area contributed by atoms with Crippen LogP contribution >= 0.6 is 11.6 Å². The van der Waals surface area contributed by atoms with Gasteiger partial charge in [-0.3, -0.25) is 4.99 Å². The third-order valence-corrected chi connectivity index (χ3v) is 7.00. The predicted octanol–water partition coefficient (Wildman–Crippen LogP) is 1.91. The van der Waals surface area contributed by atoms with Gasteiger partial charge in [-0.05, 0) is 38.5 Å². The second-order valence-electron chi connectivity index (χ2n) is 7.01. The van der Waals surface area contributed by atoms with Crippen LogP contribution in [0.25, 0.3) is 0 Å². The Bertz CT molecular complexity index is 734. The molecule has 1 atom stereocenters. The number of sulfone groups is 1. The highest BCUT2D eigenvalue weighted by Gasteiger charge is 2.31. The monoisotopic (exact) mass is 386 g/mol. The van der Waals surface area contributed by atoms with E-state index in [0.29, 0.717) is 12.5 Å². The number of aliphatic imine (C=N–C) groups is 1. The number of halogens is 1. The van der Waals surface area contributed by atoms with Crippen molar-refractivity contribution in [3.63, 3.8) is 0 Å². The molecule has 2 N–H and O–H groups in total. The molecule has 1 aliphatic heterocycles. The molecule has 1 fully saturated rings. The first kappa shape index (κ1) is 19.8. The standard InChI is InChI=1S/C17H27ClN4O2S/c1-17(2,25(4,23)24)12-20-16(19-3)21-14-8-9-22(11-14)15-7-5-6-13(18)10-15/h5-7,10,14H,8-9,11-12H2,1-4H3,(H2,19,20,21). The van der Waals surface area contributed by atoms with Crippen molar-refractivity contribution in [3.8, 4) is 0 Å². The topological polar surface area (TPSA) is 73.8 Å². The average Bonchev–Trinajstić information content (AvgIpc) is 2.99. The molecule has 0 aliphatic carbocycles. The summed E-state index contributed by atoms with van der Waals surface area (Å²) in [5, 5.41) is 7.23. The fraction of sp³-hybridized carbons (Fsp3) is 0.588. The van der Waals surface area contributed by atoms with E-state index in [9.17, 15) is 8.42 Å². The first-order valence-corrected chi connectivity index (χ1v) is 10.6. The van der Waals surface area contributed by atoms with Crippen LogP contribution in [0, 0.1) is 0 Å². The lowest BCUT2D eigenvalue weighted by molar-refractivity contribution is 0.542. The predicted molar refractivity (Wildman–Crippen MR) is 105 cm³/mol. The minimum atomic E-state index is -3.15. The van der Waals surface area contributed by atoms with Crippen LogP contribution in [0.4, 0.5) is 5.69 Å². The van der Waals surface area contributed by atoms with E-state index in [4.69, 9.17) is 11.6 Å². The Morgan fingerprint density at radius 3 is 2.76 bits per heavy atom. The second-order valence-corrected chi connectivity index (χ2v) is 10.1. The molecule has 1 aromatic carbocycles. The van der Waals surface area contributed by atoms with Gasteiger partial charge in [0.05, 0.1) is 4.75 Å². The lowest BCUT2D eigenvalue weighted by Crippen LogP contribution is -2.50. The number of hydrogen-bond acceptors (Lipinski definition) is 4. The molecule has 0 saturated carbocycles. The zero-order valence-electron chi connectivity index (χ0n) is 15.2. The summed E-state index contributed by atoms with van der Waals surface area (Å²) in [5.74, 6) is 0.620. The van der Waals surface area contributed by atoms with Crippen LogP contribution in [0.1, 0.15) is 20.3 Å². The molecule has 1 aliphatic rings. The van der Waals surface area contributed by atoms with Gasteiger partial charge < -0.3 is 15.5 Å². The highest BCUT2D eigenvalue weighted by Crippen LogP contribution is 2.23. The van der Waals surface area contributed by atoms with Gasteiger partial charge in [-0.15, -0.1) is 0 Å². The molecule has 1 unspecified atom stereocenters. The zero-order valence-corrected chi connectivity index (χ0v) is 16.8. The number of nitrogens with zero attached hydrogens (tertiary/aromatic N) is 2. The summed E-state index contributed by atoms with van der Waals surface area (Å²) in [6, 6.07) is 8.08. The Kier molecular flexibility index (Phi) is 6.21. The van der Waals surface area contributed by atoms with Crippen molar-refractivity contribution >= 4 is 33.1 Å². The fourth-order valence-electron chi connectivity index (χ4n) is 2.60. The van der Waals surface area contributed by atoms with Gasteiger partial charge in [-0.2, -0.15) is 0 Å². The van der Waals surface area contributed by atoms with E-state index in [1.165, 1.54) is 6.26 Å². The first-order chi connectivity index (χ1) is 11.6. The van der Waals surface area contributed by atoms with Crippen LogP contribution in [-0.4, -0.2) is 58.1 Å². The molecular weight excluding hydrogens is 360 g/mol. The van der Waals surface area contributed by atoms with E-state index in [1.807, 2.05) is 18.2 Å². The second kappa shape index (κ2) is 7.83. The van der Waals surface area contributed by atoms with Crippen LogP contribution in [0.2, 0.25) is 5.02 Å². The zero-order chi connectivity index (χ0) is 18.7. The van der Waals surface area contributed by atoms with E-state index in [-0.39, 0.29) is 6.04 Å². The van der Waals surface area contributed by atoms with Gasteiger partial charge in [0.25, 0.3) is 0 Å². The van der Waals surface area contributed by atoms with E-state index in [1.54, 1.807) is 20.9 Å². The van der Waals surface area contributed by atoms with Crippen molar-refractivity contribution in [2.45, 2.75) is 31.1 Å². The molecule has 0 radical (unpaired) electrons. The maximum atomic E-state index is 11.8. The van der Waals surface area contributed by atoms with Gasteiger partial charge in [-0.25, -0.2) is 8.42 Å². The molecule has 1 saturated heterocycles. The van der Waals surface area contributed by atoms with Crippen LogP contribution in [-0.2, 0) is 9.84 Å². The lowest BCUT2D eigenvalue weighted by Gasteiger charge is -2.25. The van der Waals surface area contributed by atoms with Gasteiger partial charge >= 0.3 is 0 Å². The summed E-state index contributed by atoms with van der Waals surface area (Å²) in [7, 11) is -1.46. The van der Waals surface area contributed by atoms with Crippen molar-refractivity contribution in [3.05, 3.63) is 29.3 Å². The Labute approximate surface area is 155 Å². The normalized spacial score (nSPS) is 19.2. The molecule has 1 heterocycles. The molecule has 8 heteroatoms. The van der Waals surface area contributed by atoms with E-state index in [2.05, 4.69) is 26.6 Å². The van der Waals surface area contributed by atoms with Gasteiger partial charge in [0.2, 0.25) is 0 Å². The fourth-order valence-corrected chi connectivity index (χ4v) is 3.12. The summed E-state index contributed by atoms with van der Waals surface area (Å²) >= 11 is 6.07. The molecule has 0 spiro atoms. The smallest absolute Gasteiger partial charge is 0.191 e. The third-order valence-electron chi connectivity index (χ3n) is 4.61. The van der Waals surface area contributed by atoms with Crippen LogP contribution in [0.3, 0.4) is 0 Å². The summed E-state index contributed by atoms with van der Waals surface area (Å²) in [5.41, 5.74) is 1.11. The number of hydrogen-bond donors (Lipinski definition) is 2. The summed E-state index contributed by atoms with van der Waals surface area (Å²) in [6.07, 6.45) is 2.23. The number of nitrogens with one attached hydrogen (secondary N) is 2. The lowest BCUT2D eigenvalue weighted by atomic mass is 10.2. The Morgan fingerprint density at radius 2 is 2.16 bits per heavy atom. The molecule has 0 aromatic heterocycles. The SMILES string of the molecule is CN=C(NCC(C)(C)S(C)(=O)=O)NC1CCN(c2cccc(Cl)c2)C1. The largest absolute Gasteiger partial charge is 0.369 e. The molecule has 140 valence electrons. The van der Waals surface area contributed by atoms with E-state index >= 15 is 0 Å². The maximum absolute atomic E-state index is 11.8. The summed E-state index contributed by atoms with van der Waals surface area (Å²) in [6.45, 7) is 5.49. The molecule has 6 nitrogen and oxygen atoms in total. The van der Waals surface area contributed by atoms with E-state index in [0.717, 1.165) is 30.2 Å². The van der Waals surface area contributed by atoms with Crippen molar-refractivity contribution in [1.29, 1.82) is 0 Å². The first-order valence-electron chi connectivity index (χ1n) is 8.30. The number of guanidine groups is 1. The molecule has 2 rings (SSSR count). The average molecular weight is 387 g/mol. The minimum absolute atomic E-state index is 0.242. The molecule has 25 heavy (non-hydrogen) atoms. The maximum Gasteiger partial charge on any atom is 0.191 e. The number of anilines is 1. The Hall–Kier alpha value is -1.47. The third kappa shape index (κ3) is 5.25. The Balaban J connectivity index is 1.91. The van der Waals surface area contributed by atoms with Crippen LogP contribution in [0.5, 0.6) is 0 Å². The minimum Gasteiger partial charge on any atom is -0.369 e. The molecular formula is C17H27ClN4O2S. The Morgan fingerprint density at radius 1 is 1.44 bits per heavy atom. The molecule has 0 amide bonds. The van der Waals surface area contributed by atoms with Crippen molar-refractivity contribution < 1.29 is 8.42 Å². The van der Waals surface area contributed by atoms with Crippen LogP contribution < -0.4 is 15.5 Å². The van der Waals surface area contributed by atoms with Crippen LogP contribution in [0.15, 0.2) is 29.3 Å². The highest BCUT2D eigenvalue weighted by molar-refractivity contribution is 7.92. The quantitative estimate of drug-likeness (QED) is 0.597. The highest BCUT2D eigenvalue weighted by atomic mass is 35.5.